The normalized spacial score (nSPS) is 11.3. The highest BCUT2D eigenvalue weighted by Gasteiger charge is 2.13. The Balaban J connectivity index is 2.34. The summed E-state index contributed by atoms with van der Waals surface area (Å²) >= 11 is 0. The van der Waals surface area contributed by atoms with E-state index in [1.165, 1.54) is 18.2 Å². The summed E-state index contributed by atoms with van der Waals surface area (Å²) in [7, 11) is 0. The van der Waals surface area contributed by atoms with Gasteiger partial charge in [-0.3, -0.25) is 4.79 Å². The lowest BCUT2D eigenvalue weighted by atomic mass is 10.0. The van der Waals surface area contributed by atoms with Gasteiger partial charge in [0, 0.05) is 0 Å². The Kier molecular flexibility index (Phi) is 3.66. The van der Waals surface area contributed by atoms with Crippen LogP contribution in [0.3, 0.4) is 0 Å². The highest BCUT2D eigenvalue weighted by Crippen LogP contribution is 2.25. The second-order valence-corrected chi connectivity index (χ2v) is 4.27. The van der Waals surface area contributed by atoms with Crippen molar-refractivity contribution in [3.05, 3.63) is 65.2 Å². The van der Waals surface area contributed by atoms with Crippen LogP contribution in [0.4, 0.5) is 0 Å². The van der Waals surface area contributed by atoms with Crippen LogP contribution in [0.1, 0.15) is 22.8 Å². The number of hydrogen-bond acceptors (Lipinski definition) is 3. The maximum absolute atomic E-state index is 12.2. The zero-order valence-electron chi connectivity index (χ0n) is 10.5. The number of phenols is 2. The molecule has 0 amide bonds. The van der Waals surface area contributed by atoms with Crippen LogP contribution in [0, 0.1) is 0 Å². The van der Waals surface area contributed by atoms with Crippen LogP contribution in [0.25, 0.3) is 6.08 Å². The molecular formula is C16H14O3. The summed E-state index contributed by atoms with van der Waals surface area (Å²) in [6.45, 7) is 1.68. The number of carbonyl (C=O) groups is 1. The summed E-state index contributed by atoms with van der Waals surface area (Å²) in [6, 6.07) is 13.3. The summed E-state index contributed by atoms with van der Waals surface area (Å²) in [5.74, 6) is -0.491. The summed E-state index contributed by atoms with van der Waals surface area (Å²) in [5.41, 5.74) is 1.50. The smallest absolute Gasteiger partial charge is 0.192 e. The van der Waals surface area contributed by atoms with E-state index in [0.29, 0.717) is 5.57 Å². The molecule has 0 aliphatic carbocycles. The van der Waals surface area contributed by atoms with Gasteiger partial charge in [-0.1, -0.05) is 30.3 Å². The molecule has 0 atom stereocenters. The first-order valence-electron chi connectivity index (χ1n) is 5.88. The molecule has 0 bridgehead atoms. The van der Waals surface area contributed by atoms with E-state index in [9.17, 15) is 15.0 Å². The molecule has 0 aromatic heterocycles. The molecule has 96 valence electrons. The van der Waals surface area contributed by atoms with E-state index >= 15 is 0 Å². The fourth-order valence-corrected chi connectivity index (χ4v) is 1.78. The minimum Gasteiger partial charge on any atom is -0.508 e. The van der Waals surface area contributed by atoms with Crippen LogP contribution < -0.4 is 0 Å². The predicted octanol–water partition coefficient (Wildman–Crippen LogP) is 3.38. The highest BCUT2D eigenvalue weighted by atomic mass is 16.3. The van der Waals surface area contributed by atoms with E-state index < -0.39 is 0 Å². The topological polar surface area (TPSA) is 57.5 Å². The molecule has 0 aliphatic heterocycles. The van der Waals surface area contributed by atoms with Crippen molar-refractivity contribution in [2.45, 2.75) is 6.92 Å². The quantitative estimate of drug-likeness (QED) is 0.501. The van der Waals surface area contributed by atoms with Crippen LogP contribution in [0.5, 0.6) is 11.5 Å². The van der Waals surface area contributed by atoms with E-state index in [2.05, 4.69) is 0 Å². The molecule has 2 aromatic rings. The largest absolute Gasteiger partial charge is 0.508 e. The van der Waals surface area contributed by atoms with Crippen LogP contribution in [0.15, 0.2) is 54.1 Å². The van der Waals surface area contributed by atoms with Gasteiger partial charge in [0.1, 0.15) is 11.5 Å². The van der Waals surface area contributed by atoms with Crippen molar-refractivity contribution in [2.24, 2.45) is 0 Å². The first kappa shape index (κ1) is 12.9. The van der Waals surface area contributed by atoms with Gasteiger partial charge >= 0.3 is 0 Å². The van der Waals surface area contributed by atoms with Gasteiger partial charge in [0.05, 0.1) is 5.56 Å². The molecule has 0 saturated carbocycles. The second-order valence-electron chi connectivity index (χ2n) is 4.27. The number of phenolic OH excluding ortho intramolecular Hbond substituents is 2. The molecule has 0 aliphatic rings. The third kappa shape index (κ3) is 3.01. The SMILES string of the molecule is CC(=Cc1ccccc1)C(=O)c1cc(O)ccc1O. The lowest BCUT2D eigenvalue weighted by Gasteiger charge is -2.05. The van der Waals surface area contributed by atoms with Crippen LogP contribution in [-0.4, -0.2) is 16.0 Å². The lowest BCUT2D eigenvalue weighted by Crippen LogP contribution is -2.01. The third-order valence-electron chi connectivity index (χ3n) is 2.77. The van der Waals surface area contributed by atoms with E-state index in [1.54, 1.807) is 13.0 Å². The molecular weight excluding hydrogens is 240 g/mol. The van der Waals surface area contributed by atoms with Crippen molar-refractivity contribution in [1.29, 1.82) is 0 Å². The molecule has 2 rings (SSSR count). The van der Waals surface area contributed by atoms with E-state index in [1.807, 2.05) is 30.3 Å². The Morgan fingerprint density at radius 1 is 1.05 bits per heavy atom. The van der Waals surface area contributed by atoms with Crippen molar-refractivity contribution in [1.82, 2.24) is 0 Å². The predicted molar refractivity (Wildman–Crippen MR) is 74.2 cm³/mol. The van der Waals surface area contributed by atoms with Gasteiger partial charge in [-0.15, -0.1) is 0 Å². The maximum Gasteiger partial charge on any atom is 0.192 e. The highest BCUT2D eigenvalue weighted by molar-refractivity contribution is 6.12. The molecule has 0 heterocycles. The fraction of sp³-hybridized carbons (Fsp3) is 0.0625. The molecule has 3 heteroatoms. The maximum atomic E-state index is 12.2. The monoisotopic (exact) mass is 254 g/mol. The lowest BCUT2D eigenvalue weighted by molar-refractivity contribution is 0.103. The average Bonchev–Trinajstić information content (AvgIpc) is 2.42. The molecule has 0 spiro atoms. The molecule has 0 unspecified atom stereocenters. The van der Waals surface area contributed by atoms with Crippen molar-refractivity contribution >= 4 is 11.9 Å². The van der Waals surface area contributed by atoms with Gasteiger partial charge in [0.2, 0.25) is 0 Å². The van der Waals surface area contributed by atoms with E-state index in [4.69, 9.17) is 0 Å². The number of hydrogen-bond donors (Lipinski definition) is 2. The van der Waals surface area contributed by atoms with Crippen molar-refractivity contribution in [2.75, 3.05) is 0 Å². The third-order valence-corrected chi connectivity index (χ3v) is 2.77. The van der Waals surface area contributed by atoms with Crippen LogP contribution >= 0.6 is 0 Å². The van der Waals surface area contributed by atoms with Gasteiger partial charge in [-0.25, -0.2) is 0 Å². The van der Waals surface area contributed by atoms with E-state index in [-0.39, 0.29) is 22.8 Å². The zero-order chi connectivity index (χ0) is 13.8. The first-order chi connectivity index (χ1) is 9.08. The summed E-state index contributed by atoms with van der Waals surface area (Å²) in [5, 5.41) is 19.0. The number of benzene rings is 2. The number of ketones is 1. The van der Waals surface area contributed by atoms with Gasteiger partial charge in [-0.2, -0.15) is 0 Å². The average molecular weight is 254 g/mol. The number of Topliss-reactive ketones (excluding diaryl/α,β-unsaturated/α-hetero) is 1. The standard InChI is InChI=1S/C16H14O3/c1-11(9-12-5-3-2-4-6-12)16(19)14-10-13(17)7-8-15(14)18/h2-10,17-18H,1H3. The number of allylic oxidation sites excluding steroid dienone is 1. The Labute approximate surface area is 111 Å². The number of carbonyl (C=O) groups excluding carboxylic acids is 1. The molecule has 3 nitrogen and oxygen atoms in total. The Bertz CT molecular complexity index is 628. The first-order valence-corrected chi connectivity index (χ1v) is 5.88. The second kappa shape index (κ2) is 5.40. The minimum absolute atomic E-state index is 0.0475. The number of rotatable bonds is 3. The molecule has 2 aromatic carbocycles. The molecule has 0 fully saturated rings. The molecule has 19 heavy (non-hydrogen) atoms. The molecule has 2 N–H and O–H groups in total. The summed E-state index contributed by atoms with van der Waals surface area (Å²) in [4.78, 5) is 12.2. The summed E-state index contributed by atoms with van der Waals surface area (Å²) < 4.78 is 0. The zero-order valence-corrected chi connectivity index (χ0v) is 10.5. The van der Waals surface area contributed by atoms with Gasteiger partial charge < -0.3 is 10.2 Å². The van der Waals surface area contributed by atoms with Gasteiger partial charge in [0.25, 0.3) is 0 Å². The van der Waals surface area contributed by atoms with Crippen LogP contribution in [-0.2, 0) is 0 Å². The van der Waals surface area contributed by atoms with Crippen molar-refractivity contribution in [3.63, 3.8) is 0 Å². The van der Waals surface area contributed by atoms with Crippen molar-refractivity contribution in [3.8, 4) is 11.5 Å². The van der Waals surface area contributed by atoms with Gasteiger partial charge in [-0.05, 0) is 42.3 Å². The molecule has 0 radical (unpaired) electrons. The van der Waals surface area contributed by atoms with Gasteiger partial charge in [0.15, 0.2) is 5.78 Å². The van der Waals surface area contributed by atoms with E-state index in [0.717, 1.165) is 5.56 Å². The fourth-order valence-electron chi connectivity index (χ4n) is 1.78. The Morgan fingerprint density at radius 2 is 1.74 bits per heavy atom. The summed E-state index contributed by atoms with van der Waals surface area (Å²) in [6.07, 6.45) is 1.74. The number of aromatic hydroxyl groups is 2. The van der Waals surface area contributed by atoms with Crippen molar-refractivity contribution < 1.29 is 15.0 Å². The Hall–Kier alpha value is -2.55. The molecule has 0 saturated heterocycles. The Morgan fingerprint density at radius 3 is 2.42 bits per heavy atom. The minimum atomic E-state index is -0.308. The van der Waals surface area contributed by atoms with Crippen LogP contribution in [0.2, 0.25) is 0 Å².